The van der Waals surface area contributed by atoms with Gasteiger partial charge in [0, 0.05) is 34.7 Å². The van der Waals surface area contributed by atoms with Gasteiger partial charge in [0.05, 0.1) is 6.42 Å². The summed E-state index contributed by atoms with van der Waals surface area (Å²) in [5.74, 6) is -2.79. The number of carboxylic acid groups (broad SMARTS) is 2. The number of carbonyl (C=O) groups excluding carboxylic acids is 1. The van der Waals surface area contributed by atoms with Gasteiger partial charge in [-0.2, -0.15) is 0 Å². The Morgan fingerprint density at radius 1 is 1.19 bits per heavy atom. The first-order valence-electron chi connectivity index (χ1n) is 9.42. The molecule has 0 saturated carbocycles. The maximum Gasteiger partial charge on any atom is 0.326 e. The van der Waals surface area contributed by atoms with Gasteiger partial charge >= 0.3 is 18.0 Å². The lowest BCUT2D eigenvalue weighted by atomic mass is 9.84. The summed E-state index contributed by atoms with van der Waals surface area (Å²) >= 11 is 12.6. The number of carboxylic acids is 2. The first-order chi connectivity index (χ1) is 14.6. The Balaban J connectivity index is 1.82. The van der Waals surface area contributed by atoms with E-state index < -0.39 is 30.4 Å². The number of nitrogens with one attached hydrogen (secondary N) is 2. The van der Waals surface area contributed by atoms with Gasteiger partial charge in [0.15, 0.2) is 0 Å². The summed E-state index contributed by atoms with van der Waals surface area (Å²) in [6.07, 6.45) is -0.727. The number of fused-ring (bicyclic) bond motifs is 1. The van der Waals surface area contributed by atoms with Gasteiger partial charge in [0.25, 0.3) is 0 Å². The van der Waals surface area contributed by atoms with Crippen LogP contribution in [0.3, 0.4) is 0 Å². The number of anilines is 1. The Morgan fingerprint density at radius 2 is 1.94 bits per heavy atom. The van der Waals surface area contributed by atoms with Gasteiger partial charge in [-0.05, 0) is 48.0 Å². The van der Waals surface area contributed by atoms with E-state index in [0.29, 0.717) is 22.3 Å². The molecule has 2 aromatic carbocycles. The molecule has 8 nitrogen and oxygen atoms in total. The lowest BCUT2D eigenvalue weighted by Gasteiger charge is -2.33. The topological polar surface area (TPSA) is 119 Å². The highest BCUT2D eigenvalue weighted by molar-refractivity contribution is 6.35. The molecule has 0 saturated heterocycles. The summed E-state index contributed by atoms with van der Waals surface area (Å²) in [6, 6.07) is 8.42. The highest BCUT2D eigenvalue weighted by Crippen LogP contribution is 2.38. The van der Waals surface area contributed by atoms with Crippen molar-refractivity contribution in [2.45, 2.75) is 24.9 Å². The highest BCUT2D eigenvalue weighted by Gasteiger charge is 2.27. The summed E-state index contributed by atoms with van der Waals surface area (Å²) in [5, 5.41) is 23.8. The maximum absolute atomic E-state index is 12.2. The molecule has 0 aliphatic carbocycles. The van der Waals surface area contributed by atoms with Crippen LogP contribution < -0.4 is 10.6 Å². The third kappa shape index (κ3) is 5.66. The number of hydrogen-bond acceptors (Lipinski definition) is 4. The monoisotopic (exact) mass is 465 g/mol. The standard InChI is InChI=1S/C21H21Cl2N3O5/c1-26-9-15(14-6-12(22)7-17(23)16(14)10-26)11-3-2-4-13(5-11)24-21(31)25-18(20(29)30)8-19(27)28/h2-7,15,18H,8-10H2,1H3,(H,27,28)(H,29,30)(H2,24,25,31). The first kappa shape index (κ1) is 22.9. The number of carbonyl (C=O) groups is 3. The number of rotatable bonds is 6. The summed E-state index contributed by atoms with van der Waals surface area (Å²) in [7, 11) is 1.99. The van der Waals surface area contributed by atoms with Gasteiger partial charge in [0.2, 0.25) is 0 Å². The summed E-state index contributed by atoms with van der Waals surface area (Å²) < 4.78 is 0. The second kappa shape index (κ2) is 9.55. The van der Waals surface area contributed by atoms with Crippen LogP contribution in [0.25, 0.3) is 0 Å². The van der Waals surface area contributed by atoms with Crippen molar-refractivity contribution in [2.75, 3.05) is 18.9 Å². The van der Waals surface area contributed by atoms with Crippen molar-refractivity contribution < 1.29 is 24.6 Å². The molecule has 164 valence electrons. The lowest BCUT2D eigenvalue weighted by molar-refractivity contribution is -0.145. The molecule has 0 aromatic heterocycles. The Morgan fingerprint density at radius 3 is 2.61 bits per heavy atom. The van der Waals surface area contributed by atoms with Crippen LogP contribution in [0.5, 0.6) is 0 Å². The van der Waals surface area contributed by atoms with Gasteiger partial charge in [-0.1, -0.05) is 35.3 Å². The van der Waals surface area contributed by atoms with Gasteiger partial charge in [-0.25, -0.2) is 9.59 Å². The van der Waals surface area contributed by atoms with Crippen LogP contribution in [0, 0.1) is 0 Å². The number of likely N-dealkylation sites (N-methyl/N-ethyl adjacent to an activating group) is 1. The van der Waals surface area contributed by atoms with Crippen LogP contribution in [0.1, 0.15) is 29.0 Å². The average Bonchev–Trinajstić information content (AvgIpc) is 2.67. The van der Waals surface area contributed by atoms with Gasteiger partial charge in [-0.15, -0.1) is 0 Å². The van der Waals surface area contributed by atoms with E-state index >= 15 is 0 Å². The van der Waals surface area contributed by atoms with Crippen molar-refractivity contribution in [1.29, 1.82) is 0 Å². The molecule has 4 N–H and O–H groups in total. The summed E-state index contributed by atoms with van der Waals surface area (Å²) in [5.41, 5.74) is 3.38. The minimum absolute atomic E-state index is 0.0338. The zero-order chi connectivity index (χ0) is 22.7. The summed E-state index contributed by atoms with van der Waals surface area (Å²) in [6.45, 7) is 1.42. The molecule has 2 atom stereocenters. The second-order valence-corrected chi connectivity index (χ2v) is 8.26. The fraction of sp³-hybridized carbons (Fsp3) is 0.286. The molecule has 1 aliphatic rings. The Kier molecular flexibility index (Phi) is 7.04. The molecule has 0 spiro atoms. The minimum atomic E-state index is -1.54. The number of hydrogen-bond donors (Lipinski definition) is 4. The normalized spacial score (nSPS) is 16.8. The Bertz CT molecular complexity index is 1030. The van der Waals surface area contributed by atoms with E-state index in [1.54, 1.807) is 24.3 Å². The quantitative estimate of drug-likeness (QED) is 0.517. The van der Waals surface area contributed by atoms with Crippen LogP contribution in [-0.2, 0) is 16.1 Å². The molecule has 2 amide bonds. The first-order valence-corrected chi connectivity index (χ1v) is 10.2. The molecule has 3 rings (SSSR count). The maximum atomic E-state index is 12.2. The number of halogens is 2. The smallest absolute Gasteiger partial charge is 0.326 e. The van der Waals surface area contributed by atoms with E-state index in [1.165, 1.54) is 0 Å². The molecular weight excluding hydrogens is 445 g/mol. The van der Waals surface area contributed by atoms with Gasteiger partial charge in [0.1, 0.15) is 6.04 Å². The molecule has 10 heteroatoms. The highest BCUT2D eigenvalue weighted by atomic mass is 35.5. The number of amides is 2. The molecule has 0 radical (unpaired) electrons. The van der Waals surface area contributed by atoms with E-state index in [0.717, 1.165) is 23.2 Å². The third-order valence-corrected chi connectivity index (χ3v) is 5.58. The van der Waals surface area contributed by atoms with E-state index in [-0.39, 0.29) is 5.92 Å². The second-order valence-electron chi connectivity index (χ2n) is 7.42. The van der Waals surface area contributed by atoms with Gasteiger partial charge < -0.3 is 25.7 Å². The molecule has 2 aromatic rings. The largest absolute Gasteiger partial charge is 0.481 e. The van der Waals surface area contributed by atoms with Crippen molar-refractivity contribution in [3.63, 3.8) is 0 Å². The number of urea groups is 1. The SMILES string of the molecule is CN1Cc2c(Cl)cc(Cl)cc2C(c2cccc(NC(=O)NC(CC(=O)O)C(=O)O)c2)C1. The van der Waals surface area contributed by atoms with Crippen LogP contribution in [0.2, 0.25) is 10.0 Å². The number of nitrogens with zero attached hydrogens (tertiary/aromatic N) is 1. The van der Waals surface area contributed by atoms with E-state index in [4.69, 9.17) is 33.4 Å². The minimum Gasteiger partial charge on any atom is -0.481 e. The van der Waals surface area contributed by atoms with Crippen molar-refractivity contribution >= 4 is 46.9 Å². The van der Waals surface area contributed by atoms with Crippen molar-refractivity contribution in [1.82, 2.24) is 10.2 Å². The van der Waals surface area contributed by atoms with E-state index in [1.807, 2.05) is 19.2 Å². The van der Waals surface area contributed by atoms with Crippen molar-refractivity contribution in [2.24, 2.45) is 0 Å². The Labute approximate surface area is 188 Å². The molecule has 1 heterocycles. The van der Waals surface area contributed by atoms with Crippen LogP contribution in [-0.4, -0.2) is 52.7 Å². The predicted octanol–water partition coefficient (Wildman–Crippen LogP) is 3.62. The number of aliphatic carboxylic acids is 2. The molecular formula is C21H21Cl2N3O5. The average molecular weight is 466 g/mol. The molecule has 1 aliphatic heterocycles. The van der Waals surface area contributed by atoms with Crippen molar-refractivity contribution in [3.05, 3.63) is 63.1 Å². The molecule has 0 bridgehead atoms. The van der Waals surface area contributed by atoms with Crippen LogP contribution >= 0.6 is 23.2 Å². The molecule has 0 fully saturated rings. The molecule has 31 heavy (non-hydrogen) atoms. The molecule has 2 unspecified atom stereocenters. The fourth-order valence-electron chi connectivity index (χ4n) is 3.66. The third-order valence-electron chi connectivity index (χ3n) is 5.02. The van der Waals surface area contributed by atoms with Crippen molar-refractivity contribution in [3.8, 4) is 0 Å². The zero-order valence-electron chi connectivity index (χ0n) is 16.6. The zero-order valence-corrected chi connectivity index (χ0v) is 18.1. The fourth-order valence-corrected chi connectivity index (χ4v) is 4.23. The van der Waals surface area contributed by atoms with Crippen LogP contribution in [0.4, 0.5) is 10.5 Å². The van der Waals surface area contributed by atoms with E-state index in [9.17, 15) is 14.4 Å². The lowest BCUT2D eigenvalue weighted by Crippen LogP contribution is -2.44. The Hall–Kier alpha value is -2.81. The van der Waals surface area contributed by atoms with E-state index in [2.05, 4.69) is 15.5 Å². The van der Waals surface area contributed by atoms with Gasteiger partial charge in [-0.3, -0.25) is 4.79 Å². The number of benzene rings is 2. The summed E-state index contributed by atoms with van der Waals surface area (Å²) in [4.78, 5) is 36.3. The predicted molar refractivity (Wildman–Crippen MR) is 117 cm³/mol. The van der Waals surface area contributed by atoms with Crippen LogP contribution in [0.15, 0.2) is 36.4 Å².